The fourth-order valence-electron chi connectivity index (χ4n) is 3.25. The van der Waals surface area contributed by atoms with Crippen molar-refractivity contribution in [1.29, 1.82) is 5.26 Å². The van der Waals surface area contributed by atoms with E-state index in [4.69, 9.17) is 5.26 Å². The fraction of sp³-hybridized carbons (Fsp3) is 0.421. The van der Waals surface area contributed by atoms with E-state index in [-0.39, 0.29) is 11.8 Å². The van der Waals surface area contributed by atoms with Gasteiger partial charge in [0.25, 0.3) is 0 Å². The molecule has 1 saturated heterocycles. The van der Waals surface area contributed by atoms with Gasteiger partial charge in [-0.3, -0.25) is 9.48 Å². The lowest BCUT2D eigenvalue weighted by atomic mass is 9.95. The van der Waals surface area contributed by atoms with Gasteiger partial charge in [-0.15, -0.1) is 0 Å². The van der Waals surface area contributed by atoms with Crippen LogP contribution in [0.25, 0.3) is 0 Å². The molecule has 1 aromatic carbocycles. The van der Waals surface area contributed by atoms with Gasteiger partial charge in [-0.1, -0.05) is 0 Å². The molecule has 27 heavy (non-hydrogen) atoms. The van der Waals surface area contributed by atoms with Crippen molar-refractivity contribution in [3.8, 4) is 6.07 Å². The van der Waals surface area contributed by atoms with Crippen LogP contribution in [-0.2, 0) is 11.8 Å². The maximum atomic E-state index is 14.1. The van der Waals surface area contributed by atoms with Crippen LogP contribution in [0.1, 0.15) is 18.4 Å². The topological polar surface area (TPSA) is 86.0 Å². The van der Waals surface area contributed by atoms with Gasteiger partial charge in [-0.2, -0.15) is 10.4 Å². The van der Waals surface area contributed by atoms with E-state index in [2.05, 4.69) is 15.7 Å². The van der Waals surface area contributed by atoms with Crippen LogP contribution in [-0.4, -0.2) is 41.9 Å². The zero-order chi connectivity index (χ0) is 19.2. The predicted octanol–water partition coefficient (Wildman–Crippen LogP) is 1.88. The average Bonchev–Trinajstić information content (AvgIpc) is 3.10. The largest absolute Gasteiger partial charge is 0.369 e. The van der Waals surface area contributed by atoms with Gasteiger partial charge in [0.1, 0.15) is 11.6 Å². The molecule has 1 aromatic heterocycles. The van der Waals surface area contributed by atoms with E-state index in [0.29, 0.717) is 50.3 Å². The second kappa shape index (κ2) is 8.54. The number of aryl methyl sites for hydroxylation is 1. The number of rotatable bonds is 6. The SMILES string of the molecule is Cn1ccc(NCCNC(=O)C2CCN(c3ccc(C#N)cc3F)CC2)n1. The lowest BCUT2D eigenvalue weighted by Crippen LogP contribution is -2.41. The summed E-state index contributed by atoms with van der Waals surface area (Å²) in [4.78, 5) is 14.3. The molecule has 0 bridgehead atoms. The van der Waals surface area contributed by atoms with Crippen LogP contribution in [0.3, 0.4) is 0 Å². The number of halogens is 1. The third-order valence-electron chi connectivity index (χ3n) is 4.73. The summed E-state index contributed by atoms with van der Waals surface area (Å²) in [5.41, 5.74) is 0.803. The molecule has 0 radical (unpaired) electrons. The zero-order valence-corrected chi connectivity index (χ0v) is 15.3. The smallest absolute Gasteiger partial charge is 0.223 e. The summed E-state index contributed by atoms with van der Waals surface area (Å²) >= 11 is 0. The minimum atomic E-state index is -0.391. The van der Waals surface area contributed by atoms with Gasteiger partial charge >= 0.3 is 0 Å². The van der Waals surface area contributed by atoms with Crippen LogP contribution in [0.4, 0.5) is 15.9 Å². The standard InChI is InChI=1S/C19H23FN6O/c1-25-9-6-18(24-25)22-7-8-23-19(27)15-4-10-26(11-5-15)17-3-2-14(13-21)12-16(17)20/h2-3,6,9,12,15H,4-5,7-8,10-11H2,1H3,(H,22,24)(H,23,27). The molecule has 1 aliphatic rings. The molecular formula is C19H23FN6O. The van der Waals surface area contributed by atoms with Crippen molar-refractivity contribution in [2.75, 3.05) is 36.4 Å². The summed E-state index contributed by atoms with van der Waals surface area (Å²) in [6.07, 6.45) is 3.21. The van der Waals surface area contributed by atoms with Gasteiger partial charge < -0.3 is 15.5 Å². The monoisotopic (exact) mass is 370 g/mol. The Labute approximate surface area is 157 Å². The number of piperidine rings is 1. The third-order valence-corrected chi connectivity index (χ3v) is 4.73. The Morgan fingerprint density at radius 2 is 2.11 bits per heavy atom. The second-order valence-electron chi connectivity index (χ2n) is 6.63. The molecule has 1 fully saturated rings. The van der Waals surface area contributed by atoms with E-state index in [1.165, 1.54) is 6.07 Å². The highest BCUT2D eigenvalue weighted by Gasteiger charge is 2.26. The molecule has 2 heterocycles. The van der Waals surface area contributed by atoms with Crippen LogP contribution in [0.2, 0.25) is 0 Å². The van der Waals surface area contributed by atoms with Gasteiger partial charge in [-0.25, -0.2) is 4.39 Å². The summed E-state index contributed by atoms with van der Waals surface area (Å²) in [6.45, 7) is 2.37. The molecule has 1 amide bonds. The van der Waals surface area contributed by atoms with E-state index in [1.807, 2.05) is 30.3 Å². The molecule has 3 rings (SSSR count). The van der Waals surface area contributed by atoms with E-state index in [0.717, 1.165) is 5.82 Å². The van der Waals surface area contributed by atoms with Gasteiger partial charge in [0, 0.05) is 51.4 Å². The molecule has 2 N–H and O–H groups in total. The number of nitrogens with one attached hydrogen (secondary N) is 2. The first-order valence-electron chi connectivity index (χ1n) is 9.02. The van der Waals surface area contributed by atoms with Gasteiger partial charge in [-0.05, 0) is 31.0 Å². The number of benzene rings is 1. The van der Waals surface area contributed by atoms with Crippen molar-refractivity contribution in [2.45, 2.75) is 12.8 Å². The molecule has 7 nitrogen and oxygen atoms in total. The number of hydrogen-bond donors (Lipinski definition) is 2. The third kappa shape index (κ3) is 4.76. The van der Waals surface area contributed by atoms with Crippen molar-refractivity contribution in [3.05, 3.63) is 41.8 Å². The first-order valence-corrected chi connectivity index (χ1v) is 9.02. The van der Waals surface area contributed by atoms with E-state index in [1.54, 1.807) is 16.8 Å². The number of aromatic nitrogens is 2. The van der Waals surface area contributed by atoms with Crippen LogP contribution < -0.4 is 15.5 Å². The highest BCUT2D eigenvalue weighted by atomic mass is 19.1. The van der Waals surface area contributed by atoms with E-state index in [9.17, 15) is 9.18 Å². The molecule has 1 aliphatic heterocycles. The van der Waals surface area contributed by atoms with Gasteiger partial charge in [0.2, 0.25) is 5.91 Å². The van der Waals surface area contributed by atoms with Gasteiger partial charge in [0.05, 0.1) is 17.3 Å². The number of amides is 1. The van der Waals surface area contributed by atoms with Crippen molar-refractivity contribution in [2.24, 2.45) is 13.0 Å². The molecule has 0 unspecified atom stereocenters. The highest BCUT2D eigenvalue weighted by Crippen LogP contribution is 2.26. The summed E-state index contributed by atoms with van der Waals surface area (Å²) in [5.74, 6) is 0.373. The molecule has 0 aliphatic carbocycles. The Morgan fingerprint density at radius 1 is 1.33 bits per heavy atom. The van der Waals surface area contributed by atoms with Crippen molar-refractivity contribution >= 4 is 17.4 Å². The minimum absolute atomic E-state index is 0.0396. The molecule has 142 valence electrons. The first-order chi connectivity index (χ1) is 13.1. The maximum absolute atomic E-state index is 14.1. The van der Waals surface area contributed by atoms with Crippen molar-refractivity contribution in [3.63, 3.8) is 0 Å². The number of nitriles is 1. The number of carbonyl (C=O) groups excluding carboxylic acids is 1. The fourth-order valence-corrected chi connectivity index (χ4v) is 3.25. The Kier molecular flexibility index (Phi) is 5.91. The summed E-state index contributed by atoms with van der Waals surface area (Å²) in [6, 6.07) is 8.32. The van der Waals surface area contributed by atoms with Crippen molar-refractivity contribution in [1.82, 2.24) is 15.1 Å². The molecule has 0 spiro atoms. The van der Waals surface area contributed by atoms with E-state index >= 15 is 0 Å². The quantitative estimate of drug-likeness (QED) is 0.759. The van der Waals surface area contributed by atoms with Crippen LogP contribution in [0.5, 0.6) is 0 Å². The molecule has 0 saturated carbocycles. The molecular weight excluding hydrogens is 347 g/mol. The molecule has 2 aromatic rings. The zero-order valence-electron chi connectivity index (χ0n) is 15.3. The number of anilines is 2. The maximum Gasteiger partial charge on any atom is 0.223 e. The number of carbonyl (C=O) groups is 1. The van der Waals surface area contributed by atoms with Crippen LogP contribution in [0.15, 0.2) is 30.5 Å². The summed E-state index contributed by atoms with van der Waals surface area (Å²) in [5, 5.41) is 19.1. The Morgan fingerprint density at radius 3 is 2.74 bits per heavy atom. The number of hydrogen-bond acceptors (Lipinski definition) is 5. The molecule has 0 atom stereocenters. The lowest BCUT2D eigenvalue weighted by Gasteiger charge is -2.33. The van der Waals surface area contributed by atoms with E-state index < -0.39 is 5.82 Å². The Balaban J connectivity index is 1.42. The van der Waals surface area contributed by atoms with Crippen LogP contribution >= 0.6 is 0 Å². The van der Waals surface area contributed by atoms with Crippen LogP contribution in [0, 0.1) is 23.1 Å². The normalized spacial score (nSPS) is 14.6. The Hall–Kier alpha value is -3.08. The molecule has 8 heteroatoms. The Bertz CT molecular complexity index is 835. The van der Waals surface area contributed by atoms with Crippen molar-refractivity contribution < 1.29 is 9.18 Å². The minimum Gasteiger partial charge on any atom is -0.369 e. The average molecular weight is 370 g/mol. The second-order valence-corrected chi connectivity index (χ2v) is 6.63. The number of nitrogens with zero attached hydrogens (tertiary/aromatic N) is 4. The summed E-state index contributed by atoms with van der Waals surface area (Å²) in [7, 11) is 1.85. The lowest BCUT2D eigenvalue weighted by molar-refractivity contribution is -0.125. The predicted molar refractivity (Wildman–Crippen MR) is 101 cm³/mol. The summed E-state index contributed by atoms with van der Waals surface area (Å²) < 4.78 is 15.9. The van der Waals surface area contributed by atoms with Gasteiger partial charge in [0.15, 0.2) is 0 Å². The first kappa shape index (κ1) is 18.7. The highest BCUT2D eigenvalue weighted by molar-refractivity contribution is 5.79.